The Balaban J connectivity index is 1.10. The molecule has 0 amide bonds. The summed E-state index contributed by atoms with van der Waals surface area (Å²) in [6.45, 7) is 0. The van der Waals surface area contributed by atoms with Gasteiger partial charge in [-0.3, -0.25) is 4.98 Å². The number of hydrogen-bond donors (Lipinski definition) is 0. The number of benzene rings is 10. The minimum Gasteiger partial charge on any atom is -0.264 e. The Morgan fingerprint density at radius 1 is 0.258 bits per heavy atom. The van der Waals surface area contributed by atoms with Gasteiger partial charge < -0.3 is 0 Å². The van der Waals surface area contributed by atoms with Crippen molar-refractivity contribution >= 4 is 64.8 Å². The van der Waals surface area contributed by atoms with E-state index in [0.717, 1.165) is 82.6 Å². The van der Waals surface area contributed by atoms with E-state index in [-0.39, 0.29) is 0 Å². The summed E-state index contributed by atoms with van der Waals surface area (Å²) in [5.74, 6) is 1.84. The van der Waals surface area contributed by atoms with E-state index in [2.05, 4.69) is 181 Å². The van der Waals surface area contributed by atoms with Gasteiger partial charge in [0.1, 0.15) is 0 Å². The molecule has 13 rings (SSSR count). The van der Waals surface area contributed by atoms with E-state index in [1.165, 1.54) is 32.3 Å². The molecule has 0 radical (unpaired) electrons. The van der Waals surface area contributed by atoms with Gasteiger partial charge in [-0.1, -0.05) is 182 Å². The quantitative estimate of drug-likeness (QED) is 0.156. The Bertz CT molecular complexity index is 3950. The van der Waals surface area contributed by atoms with Crippen molar-refractivity contribution in [1.82, 2.24) is 24.9 Å². The average Bonchev–Trinajstić information content (AvgIpc) is 3.40. The largest absolute Gasteiger partial charge is 0.264 e. The lowest BCUT2D eigenvalue weighted by molar-refractivity contribution is 1.07. The molecule has 0 saturated carbocycles. The summed E-state index contributed by atoms with van der Waals surface area (Å²) in [5, 5.41) is 12.8. The highest BCUT2D eigenvalue weighted by Gasteiger charge is 2.20. The highest BCUT2D eigenvalue weighted by molar-refractivity contribution is 6.28. The zero-order valence-corrected chi connectivity index (χ0v) is 35.6. The lowest BCUT2D eigenvalue weighted by Gasteiger charge is -2.17. The van der Waals surface area contributed by atoms with Crippen LogP contribution in [0.4, 0.5) is 0 Å². The molecule has 0 bridgehead atoms. The summed E-state index contributed by atoms with van der Waals surface area (Å²) in [5.41, 5.74) is 10.0. The second kappa shape index (κ2) is 15.4. The summed E-state index contributed by atoms with van der Waals surface area (Å²) < 4.78 is 0. The highest BCUT2D eigenvalue weighted by atomic mass is 15.0. The zero-order chi connectivity index (χ0) is 43.6. The van der Waals surface area contributed by atoms with Crippen LogP contribution in [0.3, 0.4) is 0 Å². The van der Waals surface area contributed by atoms with Crippen LogP contribution in [0.1, 0.15) is 0 Å². The number of pyridine rings is 2. The van der Waals surface area contributed by atoms with Gasteiger partial charge in [-0.25, -0.2) is 19.9 Å². The lowest BCUT2D eigenvalue weighted by atomic mass is 9.87. The number of aromatic nitrogens is 5. The van der Waals surface area contributed by atoms with Crippen molar-refractivity contribution in [3.63, 3.8) is 0 Å². The molecule has 0 spiro atoms. The van der Waals surface area contributed by atoms with Crippen molar-refractivity contribution in [3.05, 3.63) is 225 Å². The van der Waals surface area contributed by atoms with Gasteiger partial charge in [0, 0.05) is 45.4 Å². The maximum atomic E-state index is 5.31. The summed E-state index contributed by atoms with van der Waals surface area (Å²) in [4.78, 5) is 25.5. The molecule has 5 heteroatoms. The van der Waals surface area contributed by atoms with E-state index in [9.17, 15) is 0 Å². The Labute approximate surface area is 380 Å². The van der Waals surface area contributed by atoms with E-state index in [1.807, 2.05) is 48.8 Å². The number of rotatable bonds is 6. The van der Waals surface area contributed by atoms with Crippen LogP contribution < -0.4 is 0 Å². The van der Waals surface area contributed by atoms with Gasteiger partial charge in [-0.05, 0) is 101 Å². The fraction of sp³-hybridized carbons (Fsp3) is 0. The van der Waals surface area contributed by atoms with Crippen molar-refractivity contribution < 1.29 is 0 Å². The fourth-order valence-corrected chi connectivity index (χ4v) is 9.97. The van der Waals surface area contributed by atoms with Crippen LogP contribution in [-0.4, -0.2) is 24.9 Å². The normalized spacial score (nSPS) is 11.6. The van der Waals surface area contributed by atoms with Crippen molar-refractivity contribution in [1.29, 1.82) is 0 Å². The van der Waals surface area contributed by atoms with E-state index in [0.29, 0.717) is 17.5 Å². The van der Waals surface area contributed by atoms with E-state index < -0.39 is 0 Å². The third kappa shape index (κ3) is 6.21. The van der Waals surface area contributed by atoms with Gasteiger partial charge in [-0.2, -0.15) is 0 Å². The maximum absolute atomic E-state index is 5.31. The molecule has 10 aromatic carbocycles. The first kappa shape index (κ1) is 37.6. The minimum absolute atomic E-state index is 0.599. The Morgan fingerprint density at radius 2 is 0.697 bits per heavy atom. The van der Waals surface area contributed by atoms with Gasteiger partial charge in [0.15, 0.2) is 17.5 Å². The molecule has 0 N–H and O–H groups in total. The predicted octanol–water partition coefficient (Wildman–Crippen LogP) is 15.6. The fourth-order valence-electron chi connectivity index (χ4n) is 9.97. The lowest BCUT2D eigenvalue weighted by Crippen LogP contribution is -2.00. The molecule has 13 aromatic rings. The Hall–Kier alpha value is -8.93. The molecule has 0 fully saturated rings. The average molecular weight is 840 g/mol. The standard InChI is InChI=1S/C61H37N5/c1-3-16-38(17-4-1)59-64-60(39-18-5-2-6-19-39)66-61(65-59)42-35-40(34-41(36-42)44-26-14-29-53-48-21-8-7-20-46(48)47-22-9-10-24-52(47)57(44)53)43-25-13-28-49-45(43)27-15-30-54(49)58-55-37-62-33-32-50(55)51-23-11-12-31-56(51)63-58/h1-37H. The monoisotopic (exact) mass is 839 g/mol. The topological polar surface area (TPSA) is 64.5 Å². The van der Waals surface area contributed by atoms with E-state index >= 15 is 0 Å². The first-order valence-corrected chi connectivity index (χ1v) is 22.2. The summed E-state index contributed by atoms with van der Waals surface area (Å²) >= 11 is 0. The van der Waals surface area contributed by atoms with Gasteiger partial charge in [0.25, 0.3) is 0 Å². The SMILES string of the molecule is c1ccc(-c2nc(-c3ccccc3)nc(-c3cc(-c4cccc5c(-c6nc7ccccc7c7ccncc67)cccc45)cc(-c4cccc5c6ccccc6c6ccccc6c45)c3)n2)cc1. The third-order valence-corrected chi connectivity index (χ3v) is 13.0. The number of para-hydroxylation sites is 1. The van der Waals surface area contributed by atoms with Crippen LogP contribution in [0.5, 0.6) is 0 Å². The molecule has 0 saturated heterocycles. The van der Waals surface area contributed by atoms with Gasteiger partial charge in [0.2, 0.25) is 0 Å². The zero-order valence-electron chi connectivity index (χ0n) is 35.6. The first-order valence-electron chi connectivity index (χ1n) is 22.2. The molecular formula is C61H37N5. The smallest absolute Gasteiger partial charge is 0.164 e. The molecule has 306 valence electrons. The van der Waals surface area contributed by atoms with Crippen molar-refractivity contribution in [2.24, 2.45) is 0 Å². The second-order valence-electron chi connectivity index (χ2n) is 16.8. The highest BCUT2D eigenvalue weighted by Crippen LogP contribution is 2.44. The molecule has 0 aliphatic heterocycles. The van der Waals surface area contributed by atoms with E-state index in [1.54, 1.807) is 0 Å². The summed E-state index contributed by atoms with van der Waals surface area (Å²) in [6, 6.07) is 75.1. The van der Waals surface area contributed by atoms with Crippen LogP contribution in [0.2, 0.25) is 0 Å². The predicted molar refractivity (Wildman–Crippen MR) is 273 cm³/mol. The second-order valence-corrected chi connectivity index (χ2v) is 16.8. The van der Waals surface area contributed by atoms with Crippen LogP contribution in [0, 0.1) is 0 Å². The minimum atomic E-state index is 0.599. The molecule has 3 aromatic heterocycles. The van der Waals surface area contributed by atoms with Crippen LogP contribution in [0.15, 0.2) is 225 Å². The van der Waals surface area contributed by atoms with Gasteiger partial charge in [0.05, 0.1) is 11.2 Å². The third-order valence-electron chi connectivity index (χ3n) is 13.0. The summed E-state index contributed by atoms with van der Waals surface area (Å²) in [6.07, 6.45) is 3.81. The molecule has 0 atom stereocenters. The van der Waals surface area contributed by atoms with Crippen LogP contribution >= 0.6 is 0 Å². The number of hydrogen-bond acceptors (Lipinski definition) is 5. The van der Waals surface area contributed by atoms with Gasteiger partial charge in [-0.15, -0.1) is 0 Å². The van der Waals surface area contributed by atoms with Gasteiger partial charge >= 0.3 is 0 Å². The van der Waals surface area contributed by atoms with Crippen molar-refractivity contribution in [2.45, 2.75) is 0 Å². The van der Waals surface area contributed by atoms with E-state index in [4.69, 9.17) is 19.9 Å². The number of fused-ring (bicyclic) bond motifs is 10. The van der Waals surface area contributed by atoms with Crippen LogP contribution in [0.25, 0.3) is 132 Å². The maximum Gasteiger partial charge on any atom is 0.164 e. The molecule has 66 heavy (non-hydrogen) atoms. The van der Waals surface area contributed by atoms with Crippen molar-refractivity contribution in [3.8, 4) is 67.7 Å². The molecule has 0 aliphatic rings. The number of nitrogens with zero attached hydrogens (tertiary/aromatic N) is 5. The van der Waals surface area contributed by atoms with Crippen LogP contribution in [-0.2, 0) is 0 Å². The molecule has 0 unspecified atom stereocenters. The first-order chi connectivity index (χ1) is 32.7. The summed E-state index contributed by atoms with van der Waals surface area (Å²) in [7, 11) is 0. The van der Waals surface area contributed by atoms with Crippen molar-refractivity contribution in [2.75, 3.05) is 0 Å². The molecular weight excluding hydrogens is 803 g/mol. The Morgan fingerprint density at radius 3 is 1.35 bits per heavy atom. The Kier molecular flexibility index (Phi) is 8.78. The molecule has 0 aliphatic carbocycles. The molecule has 3 heterocycles. The molecule has 5 nitrogen and oxygen atoms in total.